The molecule has 4 aromatic rings. The number of para-hydroxylation sites is 1. The van der Waals surface area contributed by atoms with E-state index in [0.29, 0.717) is 28.8 Å². The number of aromatic nitrogens is 3. The van der Waals surface area contributed by atoms with Crippen molar-refractivity contribution in [1.82, 2.24) is 25.2 Å². The third-order valence-electron chi connectivity index (χ3n) is 6.79. The monoisotopic (exact) mass is 472 g/mol. The molecule has 2 aliphatic rings. The fourth-order valence-corrected chi connectivity index (χ4v) is 5.83. The molecule has 0 saturated carbocycles. The summed E-state index contributed by atoms with van der Waals surface area (Å²) in [6.45, 7) is 1.68. The number of carbonyl (C=O) groups is 2. The Bertz CT molecular complexity index is 1480. The van der Waals surface area contributed by atoms with Crippen molar-refractivity contribution in [2.45, 2.75) is 18.9 Å². The fourth-order valence-electron chi connectivity index (χ4n) is 4.95. The highest BCUT2D eigenvalue weighted by Crippen LogP contribution is 2.38. The molecule has 1 fully saturated rings. The van der Waals surface area contributed by atoms with E-state index in [0.717, 1.165) is 52.6 Å². The van der Waals surface area contributed by atoms with E-state index in [1.807, 2.05) is 35.7 Å². The standard InChI is InChI=1S/C25H24N6O2S/c1-30(2)14-7-10-31(11-8-14)25-27-17-6-4-3-5-15(17)21(28-25)20-19(23(32)29-24(20)33)16-13-26-18-9-12-34-22(16)18/h3-6,9,12-14,26H,7-8,10-11H2,1-2H3,(H,29,32,33). The summed E-state index contributed by atoms with van der Waals surface area (Å²) in [5.74, 6) is -0.224. The molecule has 0 radical (unpaired) electrons. The molecule has 6 rings (SSSR count). The van der Waals surface area contributed by atoms with E-state index < -0.39 is 11.8 Å². The van der Waals surface area contributed by atoms with E-state index in [1.165, 1.54) is 11.3 Å². The lowest BCUT2D eigenvalue weighted by molar-refractivity contribution is -0.122. The van der Waals surface area contributed by atoms with Crippen LogP contribution in [0.4, 0.5) is 5.95 Å². The average molecular weight is 473 g/mol. The maximum absolute atomic E-state index is 13.1. The number of aromatic amines is 1. The van der Waals surface area contributed by atoms with Crippen molar-refractivity contribution in [2.75, 3.05) is 32.1 Å². The van der Waals surface area contributed by atoms with Crippen LogP contribution in [-0.2, 0) is 9.59 Å². The molecule has 172 valence electrons. The fraction of sp³-hybridized carbons (Fsp3) is 0.280. The summed E-state index contributed by atoms with van der Waals surface area (Å²) < 4.78 is 0.946. The molecule has 1 saturated heterocycles. The van der Waals surface area contributed by atoms with Gasteiger partial charge in [0.25, 0.3) is 11.8 Å². The second kappa shape index (κ2) is 8.03. The lowest BCUT2D eigenvalue weighted by atomic mass is 9.98. The minimum atomic E-state index is -0.424. The zero-order valence-corrected chi connectivity index (χ0v) is 19.8. The van der Waals surface area contributed by atoms with Gasteiger partial charge in [-0.05, 0) is 44.4 Å². The number of imide groups is 1. The maximum atomic E-state index is 13.1. The number of nitrogens with one attached hydrogen (secondary N) is 2. The normalized spacial score (nSPS) is 17.6. The van der Waals surface area contributed by atoms with Gasteiger partial charge in [0.15, 0.2) is 0 Å². The van der Waals surface area contributed by atoms with Gasteiger partial charge in [-0.3, -0.25) is 14.9 Å². The molecule has 2 aliphatic heterocycles. The lowest BCUT2D eigenvalue weighted by Crippen LogP contribution is -2.42. The molecule has 34 heavy (non-hydrogen) atoms. The number of amides is 2. The van der Waals surface area contributed by atoms with Crippen LogP contribution in [0, 0.1) is 0 Å². The number of fused-ring (bicyclic) bond motifs is 2. The number of H-pyrrole nitrogens is 1. The number of benzene rings is 1. The first-order valence-corrected chi connectivity index (χ1v) is 12.2. The van der Waals surface area contributed by atoms with Crippen LogP contribution in [0.5, 0.6) is 0 Å². The van der Waals surface area contributed by atoms with E-state index in [1.54, 1.807) is 6.20 Å². The Morgan fingerprint density at radius 3 is 2.59 bits per heavy atom. The SMILES string of the molecule is CN(C)C1CCN(c2nc(C3=C(c4c[nH]c5ccsc45)C(=O)NC3=O)c3ccccc3n2)CC1. The number of hydrogen-bond donors (Lipinski definition) is 2. The van der Waals surface area contributed by atoms with Crippen LogP contribution < -0.4 is 10.2 Å². The van der Waals surface area contributed by atoms with Crippen molar-refractivity contribution in [1.29, 1.82) is 0 Å². The molecule has 0 bridgehead atoms. The first kappa shape index (κ1) is 21.0. The summed E-state index contributed by atoms with van der Waals surface area (Å²) in [4.78, 5) is 43.5. The first-order chi connectivity index (χ1) is 16.5. The van der Waals surface area contributed by atoms with E-state index in [2.05, 4.69) is 34.2 Å². The highest BCUT2D eigenvalue weighted by Gasteiger charge is 2.36. The van der Waals surface area contributed by atoms with Gasteiger partial charge in [-0.25, -0.2) is 9.97 Å². The van der Waals surface area contributed by atoms with Gasteiger partial charge >= 0.3 is 0 Å². The Labute approximate surface area is 200 Å². The van der Waals surface area contributed by atoms with Crippen LogP contribution in [0.25, 0.3) is 32.3 Å². The van der Waals surface area contributed by atoms with Gasteiger partial charge in [0, 0.05) is 36.3 Å². The van der Waals surface area contributed by atoms with E-state index >= 15 is 0 Å². The topological polar surface area (TPSA) is 94.2 Å². The second-order valence-corrected chi connectivity index (χ2v) is 9.89. The summed E-state index contributed by atoms with van der Waals surface area (Å²) in [5, 5.41) is 5.22. The van der Waals surface area contributed by atoms with Crippen LogP contribution in [0.2, 0.25) is 0 Å². The molecular weight excluding hydrogens is 448 g/mol. The molecule has 0 unspecified atom stereocenters. The molecule has 5 heterocycles. The largest absolute Gasteiger partial charge is 0.360 e. The van der Waals surface area contributed by atoms with Gasteiger partial charge in [0.2, 0.25) is 5.95 Å². The predicted molar refractivity (Wildman–Crippen MR) is 135 cm³/mol. The quantitative estimate of drug-likeness (QED) is 0.443. The zero-order valence-electron chi connectivity index (χ0n) is 19.0. The maximum Gasteiger partial charge on any atom is 0.261 e. The van der Waals surface area contributed by atoms with Crippen LogP contribution >= 0.6 is 11.3 Å². The van der Waals surface area contributed by atoms with Gasteiger partial charge < -0.3 is 14.8 Å². The Balaban J connectivity index is 1.53. The first-order valence-electron chi connectivity index (χ1n) is 11.3. The molecule has 1 aromatic carbocycles. The molecule has 8 nitrogen and oxygen atoms in total. The van der Waals surface area contributed by atoms with Crippen molar-refractivity contribution in [3.8, 4) is 0 Å². The minimum Gasteiger partial charge on any atom is -0.360 e. The minimum absolute atomic E-state index is 0.308. The highest BCUT2D eigenvalue weighted by molar-refractivity contribution is 7.17. The van der Waals surface area contributed by atoms with E-state index in [9.17, 15) is 9.59 Å². The Morgan fingerprint density at radius 1 is 1.03 bits per heavy atom. The number of rotatable bonds is 4. The van der Waals surface area contributed by atoms with Crippen molar-refractivity contribution in [2.24, 2.45) is 0 Å². The summed E-state index contributed by atoms with van der Waals surface area (Å²) in [6.07, 6.45) is 3.83. The van der Waals surface area contributed by atoms with Gasteiger partial charge in [-0.2, -0.15) is 0 Å². The molecule has 2 N–H and O–H groups in total. The Hall–Kier alpha value is -3.56. The molecule has 0 spiro atoms. The molecule has 0 atom stereocenters. The number of piperidine rings is 1. The van der Waals surface area contributed by atoms with Gasteiger partial charge in [0.05, 0.1) is 32.6 Å². The van der Waals surface area contributed by atoms with Gasteiger partial charge in [-0.15, -0.1) is 11.3 Å². The number of carbonyl (C=O) groups excluding carboxylic acids is 2. The van der Waals surface area contributed by atoms with Crippen molar-refractivity contribution in [3.05, 3.63) is 53.2 Å². The summed E-state index contributed by atoms with van der Waals surface area (Å²) in [5.41, 5.74) is 3.59. The van der Waals surface area contributed by atoms with Crippen molar-refractivity contribution < 1.29 is 9.59 Å². The van der Waals surface area contributed by atoms with Crippen LogP contribution in [-0.4, -0.2) is 64.9 Å². The summed E-state index contributed by atoms with van der Waals surface area (Å²) in [6, 6.07) is 10.2. The number of nitrogens with zero attached hydrogens (tertiary/aromatic N) is 4. The molecule has 0 aliphatic carbocycles. The summed E-state index contributed by atoms with van der Waals surface area (Å²) in [7, 11) is 4.22. The molecular formula is C25H24N6O2S. The van der Waals surface area contributed by atoms with Crippen LogP contribution in [0.3, 0.4) is 0 Å². The van der Waals surface area contributed by atoms with Gasteiger partial charge in [-0.1, -0.05) is 18.2 Å². The van der Waals surface area contributed by atoms with E-state index in [4.69, 9.17) is 9.97 Å². The van der Waals surface area contributed by atoms with Crippen molar-refractivity contribution in [3.63, 3.8) is 0 Å². The molecule has 9 heteroatoms. The summed E-state index contributed by atoms with van der Waals surface area (Å²) >= 11 is 1.54. The third-order valence-corrected chi connectivity index (χ3v) is 7.74. The molecule has 2 amide bonds. The lowest BCUT2D eigenvalue weighted by Gasteiger charge is -2.35. The number of hydrogen-bond acceptors (Lipinski definition) is 7. The number of anilines is 1. The third kappa shape index (κ3) is 3.31. The zero-order chi connectivity index (χ0) is 23.4. The highest BCUT2D eigenvalue weighted by atomic mass is 32.1. The Kier molecular flexibility index (Phi) is 4.96. The Morgan fingerprint density at radius 2 is 1.79 bits per heavy atom. The van der Waals surface area contributed by atoms with Crippen LogP contribution in [0.15, 0.2) is 41.9 Å². The predicted octanol–water partition coefficient (Wildman–Crippen LogP) is 3.27. The van der Waals surface area contributed by atoms with Crippen LogP contribution in [0.1, 0.15) is 24.1 Å². The smallest absolute Gasteiger partial charge is 0.261 e. The number of thiophene rings is 1. The average Bonchev–Trinajstić information content (AvgIpc) is 3.53. The van der Waals surface area contributed by atoms with Crippen molar-refractivity contribution >= 4 is 61.4 Å². The molecule has 3 aromatic heterocycles. The van der Waals surface area contributed by atoms with E-state index in [-0.39, 0.29) is 0 Å². The van der Waals surface area contributed by atoms with Gasteiger partial charge in [0.1, 0.15) is 0 Å². The second-order valence-electron chi connectivity index (χ2n) is 8.97.